The zero-order valence-corrected chi connectivity index (χ0v) is 27.0. The first-order chi connectivity index (χ1) is 24.8. The van der Waals surface area contributed by atoms with Gasteiger partial charge in [-0.15, -0.1) is 0 Å². The number of para-hydroxylation sites is 4. The van der Waals surface area contributed by atoms with Gasteiger partial charge in [-0.05, 0) is 92.3 Å². The highest BCUT2D eigenvalue weighted by Gasteiger charge is 2.20. The Balaban J connectivity index is 1.10. The molecule has 11 rings (SSSR count). The summed E-state index contributed by atoms with van der Waals surface area (Å²) in [7, 11) is 0. The van der Waals surface area contributed by atoms with Crippen molar-refractivity contribution in [3.8, 4) is 28.2 Å². The number of imidazole rings is 1. The van der Waals surface area contributed by atoms with Gasteiger partial charge in [0.2, 0.25) is 5.95 Å². The van der Waals surface area contributed by atoms with E-state index in [0.29, 0.717) is 0 Å². The minimum absolute atomic E-state index is 0.832. The molecule has 3 aromatic heterocycles. The maximum Gasteiger partial charge on any atom is 0.221 e. The predicted octanol–water partition coefficient (Wildman–Crippen LogP) is 11.8. The van der Waals surface area contributed by atoms with Crippen LogP contribution in [0.25, 0.3) is 99.1 Å². The van der Waals surface area contributed by atoms with Gasteiger partial charge in [-0.25, -0.2) is 9.97 Å². The van der Waals surface area contributed by atoms with Crippen LogP contribution < -0.4 is 0 Å². The van der Waals surface area contributed by atoms with Crippen LogP contribution in [0.1, 0.15) is 0 Å². The van der Waals surface area contributed by atoms with Crippen molar-refractivity contribution in [1.29, 1.82) is 0 Å². The number of hydrogen-bond acceptors (Lipinski definition) is 2. The maximum absolute atomic E-state index is 5.31. The molecule has 0 unspecified atom stereocenters. The van der Waals surface area contributed by atoms with E-state index in [9.17, 15) is 0 Å². The number of aromatic nitrogens is 4. The highest BCUT2D eigenvalue weighted by molar-refractivity contribution is 6.14. The smallest absolute Gasteiger partial charge is 0.221 e. The third-order valence-electron chi connectivity index (χ3n) is 10.3. The largest absolute Gasteiger partial charge is 0.279 e. The highest BCUT2D eigenvalue weighted by Crippen LogP contribution is 2.38. The summed E-state index contributed by atoms with van der Waals surface area (Å²) in [6.45, 7) is 0. The fourth-order valence-corrected chi connectivity index (χ4v) is 7.98. The second-order valence-corrected chi connectivity index (χ2v) is 13.0. The van der Waals surface area contributed by atoms with Crippen LogP contribution in [0.3, 0.4) is 0 Å². The van der Waals surface area contributed by atoms with Crippen LogP contribution in [-0.2, 0) is 0 Å². The summed E-state index contributed by atoms with van der Waals surface area (Å²) in [6.07, 6.45) is 0. The standard InChI is InChI=1S/C46H28N4/c1-2-12-33-32(11-1)28-38(35-14-4-3-13-34(33)35)30-23-21-29(22-24-30)31-25-26-43-39(27-31)36-15-6-9-19-42(36)49(43)46-48-40-17-7-5-16-37(40)45-47-41-18-8-10-20-44(41)50(45)46/h1-28H. The Hall–Kier alpha value is -6.78. The number of benzene rings is 8. The molecule has 0 aliphatic carbocycles. The zero-order chi connectivity index (χ0) is 32.8. The summed E-state index contributed by atoms with van der Waals surface area (Å²) in [6, 6.07) is 60.8. The average molecular weight is 637 g/mol. The Labute approximate surface area is 287 Å². The van der Waals surface area contributed by atoms with E-state index < -0.39 is 0 Å². The van der Waals surface area contributed by atoms with E-state index in [1.165, 1.54) is 54.6 Å². The van der Waals surface area contributed by atoms with E-state index >= 15 is 0 Å². The van der Waals surface area contributed by atoms with Gasteiger partial charge in [0.05, 0.1) is 27.6 Å². The molecule has 0 radical (unpaired) electrons. The van der Waals surface area contributed by atoms with Crippen LogP contribution in [0.15, 0.2) is 170 Å². The topological polar surface area (TPSA) is 35.1 Å². The van der Waals surface area contributed by atoms with Gasteiger partial charge < -0.3 is 0 Å². The lowest BCUT2D eigenvalue weighted by atomic mass is 9.92. The van der Waals surface area contributed by atoms with E-state index in [4.69, 9.17) is 9.97 Å². The van der Waals surface area contributed by atoms with Gasteiger partial charge in [-0.2, -0.15) is 0 Å². The van der Waals surface area contributed by atoms with Gasteiger partial charge in [0.1, 0.15) is 5.65 Å². The lowest BCUT2D eigenvalue weighted by molar-refractivity contribution is 0.979. The van der Waals surface area contributed by atoms with Crippen LogP contribution in [0.5, 0.6) is 0 Å². The van der Waals surface area contributed by atoms with Crippen molar-refractivity contribution in [3.63, 3.8) is 0 Å². The first-order valence-electron chi connectivity index (χ1n) is 17.0. The molecule has 8 aromatic carbocycles. The van der Waals surface area contributed by atoms with E-state index in [0.717, 1.165) is 44.6 Å². The van der Waals surface area contributed by atoms with Crippen molar-refractivity contribution in [2.75, 3.05) is 0 Å². The normalized spacial score (nSPS) is 12.0. The molecule has 3 heterocycles. The number of fused-ring (bicyclic) bond motifs is 11. The Morgan fingerprint density at radius 2 is 0.960 bits per heavy atom. The van der Waals surface area contributed by atoms with Crippen molar-refractivity contribution in [3.05, 3.63) is 170 Å². The molecule has 0 fully saturated rings. The molecule has 11 aromatic rings. The molecule has 4 heteroatoms. The Kier molecular flexibility index (Phi) is 5.63. The minimum Gasteiger partial charge on any atom is -0.279 e. The van der Waals surface area contributed by atoms with Gasteiger partial charge in [-0.3, -0.25) is 8.97 Å². The van der Waals surface area contributed by atoms with Crippen LogP contribution >= 0.6 is 0 Å². The average Bonchev–Trinajstić information content (AvgIpc) is 3.74. The monoisotopic (exact) mass is 636 g/mol. The molecule has 232 valence electrons. The van der Waals surface area contributed by atoms with Crippen LogP contribution in [0.4, 0.5) is 0 Å². The maximum atomic E-state index is 5.31. The van der Waals surface area contributed by atoms with Crippen LogP contribution in [0, 0.1) is 0 Å². The predicted molar refractivity (Wildman–Crippen MR) is 208 cm³/mol. The second-order valence-electron chi connectivity index (χ2n) is 13.0. The summed E-state index contributed by atoms with van der Waals surface area (Å²) in [5.74, 6) is 0.832. The molecule has 0 N–H and O–H groups in total. The van der Waals surface area contributed by atoms with E-state index in [-0.39, 0.29) is 0 Å². The van der Waals surface area contributed by atoms with Crippen molar-refractivity contribution < 1.29 is 0 Å². The van der Waals surface area contributed by atoms with Crippen LogP contribution in [0.2, 0.25) is 0 Å². The van der Waals surface area contributed by atoms with Gasteiger partial charge in [0.25, 0.3) is 0 Å². The van der Waals surface area contributed by atoms with E-state index in [1.807, 2.05) is 12.1 Å². The molecular weight excluding hydrogens is 609 g/mol. The van der Waals surface area contributed by atoms with Gasteiger partial charge in [-0.1, -0.05) is 121 Å². The van der Waals surface area contributed by atoms with E-state index in [2.05, 4.69) is 167 Å². The van der Waals surface area contributed by atoms with Crippen molar-refractivity contribution in [2.45, 2.75) is 0 Å². The molecule has 0 saturated heterocycles. The molecule has 0 aliphatic heterocycles. The lowest BCUT2D eigenvalue weighted by Gasteiger charge is -2.13. The van der Waals surface area contributed by atoms with Crippen molar-refractivity contribution >= 4 is 70.9 Å². The number of hydrogen-bond donors (Lipinski definition) is 0. The molecule has 0 aliphatic rings. The van der Waals surface area contributed by atoms with E-state index in [1.54, 1.807) is 0 Å². The SMILES string of the molecule is c1ccc2c(c1)cc(-c1ccc(-c3ccc4c(c3)c3ccccc3n4-c3nc4ccccc4c4nc5ccccc5n34)cc1)c1ccccc12. The summed E-state index contributed by atoms with van der Waals surface area (Å²) in [5, 5.41) is 8.52. The molecule has 0 amide bonds. The summed E-state index contributed by atoms with van der Waals surface area (Å²) in [5.41, 5.74) is 10.9. The Bertz CT molecular complexity index is 3150. The number of nitrogens with zero attached hydrogens (tertiary/aromatic N) is 4. The molecule has 0 saturated carbocycles. The lowest BCUT2D eigenvalue weighted by Crippen LogP contribution is -2.06. The van der Waals surface area contributed by atoms with Gasteiger partial charge >= 0.3 is 0 Å². The fraction of sp³-hybridized carbons (Fsp3) is 0. The summed E-state index contributed by atoms with van der Waals surface area (Å²) in [4.78, 5) is 10.4. The Morgan fingerprint density at radius 1 is 0.360 bits per heavy atom. The molecular formula is C46H28N4. The fourth-order valence-electron chi connectivity index (χ4n) is 7.98. The minimum atomic E-state index is 0.832. The van der Waals surface area contributed by atoms with Crippen molar-refractivity contribution in [2.24, 2.45) is 0 Å². The molecule has 4 nitrogen and oxygen atoms in total. The Morgan fingerprint density at radius 3 is 1.80 bits per heavy atom. The molecule has 0 spiro atoms. The van der Waals surface area contributed by atoms with Crippen molar-refractivity contribution in [1.82, 2.24) is 18.9 Å². The summed E-state index contributed by atoms with van der Waals surface area (Å²) < 4.78 is 4.52. The number of rotatable bonds is 3. The van der Waals surface area contributed by atoms with Gasteiger partial charge in [0.15, 0.2) is 0 Å². The first-order valence-corrected chi connectivity index (χ1v) is 17.0. The molecule has 0 bridgehead atoms. The third-order valence-corrected chi connectivity index (χ3v) is 10.3. The third kappa shape index (κ3) is 3.87. The molecule has 0 atom stereocenters. The summed E-state index contributed by atoms with van der Waals surface area (Å²) >= 11 is 0. The first kappa shape index (κ1) is 27.2. The van der Waals surface area contributed by atoms with Gasteiger partial charge in [0, 0.05) is 16.2 Å². The highest BCUT2D eigenvalue weighted by atomic mass is 15.2. The molecule has 50 heavy (non-hydrogen) atoms. The van der Waals surface area contributed by atoms with Crippen LogP contribution in [-0.4, -0.2) is 18.9 Å². The second kappa shape index (κ2) is 10.4. The quantitative estimate of drug-likeness (QED) is 0.181. The zero-order valence-electron chi connectivity index (χ0n) is 27.0.